The second kappa shape index (κ2) is 15.9. The zero-order chi connectivity index (χ0) is 6.24. The van der Waals surface area contributed by atoms with Crippen LogP contribution in [0.3, 0.4) is 0 Å². The lowest BCUT2D eigenvalue weighted by Crippen LogP contribution is -2.07. The van der Waals surface area contributed by atoms with Gasteiger partial charge in [-0.2, -0.15) is 0 Å². The molecular weight excluding hydrogens is 128 g/mol. The van der Waals surface area contributed by atoms with Gasteiger partial charge in [0.2, 0.25) is 0 Å². The van der Waals surface area contributed by atoms with Crippen LogP contribution >= 0.6 is 0 Å². The van der Waals surface area contributed by atoms with E-state index in [0.717, 1.165) is 13.0 Å². The van der Waals surface area contributed by atoms with E-state index in [2.05, 4.69) is 12.4 Å². The average Bonchev–Trinajstić information content (AvgIpc) is 1.81. The normalized spacial score (nSPS) is 7.80. The van der Waals surface area contributed by atoms with Crippen molar-refractivity contribution in [3.05, 3.63) is 0 Å². The SMILES string of the molecule is C.CCCCCCNO.N.[HH].[HH]. The fourth-order valence-corrected chi connectivity index (χ4v) is 0.631. The van der Waals surface area contributed by atoms with Gasteiger partial charge in [0, 0.05) is 9.40 Å². The average molecular weight is 154 g/mol. The van der Waals surface area contributed by atoms with Gasteiger partial charge in [0.25, 0.3) is 0 Å². The van der Waals surface area contributed by atoms with E-state index in [9.17, 15) is 0 Å². The first-order valence-electron chi connectivity index (χ1n) is 3.28. The topological polar surface area (TPSA) is 67.3 Å². The third-order valence-corrected chi connectivity index (χ3v) is 1.14. The number of nitrogens with one attached hydrogen (secondary N) is 1. The van der Waals surface area contributed by atoms with Crippen molar-refractivity contribution in [2.45, 2.75) is 40.0 Å². The van der Waals surface area contributed by atoms with Crippen LogP contribution in [0.15, 0.2) is 0 Å². The molecule has 0 bridgehead atoms. The molecule has 70 valence electrons. The molecule has 0 aliphatic heterocycles. The van der Waals surface area contributed by atoms with Crippen LogP contribution in [-0.4, -0.2) is 11.8 Å². The van der Waals surface area contributed by atoms with Crippen molar-refractivity contribution in [3.8, 4) is 0 Å². The highest BCUT2D eigenvalue weighted by Crippen LogP contribution is 1.96. The van der Waals surface area contributed by atoms with E-state index in [-0.39, 0.29) is 16.4 Å². The van der Waals surface area contributed by atoms with Crippen LogP contribution in [0.25, 0.3) is 0 Å². The summed E-state index contributed by atoms with van der Waals surface area (Å²) >= 11 is 0. The maximum atomic E-state index is 8.12. The molecule has 0 aliphatic rings. The highest BCUT2D eigenvalue weighted by molar-refractivity contribution is 4.39. The zero-order valence-electron chi connectivity index (χ0n) is 6.19. The van der Waals surface area contributed by atoms with Crippen LogP contribution < -0.4 is 11.6 Å². The summed E-state index contributed by atoms with van der Waals surface area (Å²) < 4.78 is 0. The highest BCUT2D eigenvalue weighted by Gasteiger charge is 1.83. The molecule has 0 saturated heterocycles. The molecule has 10 heavy (non-hydrogen) atoms. The lowest BCUT2D eigenvalue weighted by atomic mass is 10.2. The van der Waals surface area contributed by atoms with Crippen LogP contribution in [0.1, 0.15) is 42.9 Å². The minimum Gasteiger partial charge on any atom is -0.344 e. The van der Waals surface area contributed by atoms with Gasteiger partial charge in [-0.25, -0.2) is 5.48 Å². The molecule has 0 aromatic rings. The Labute approximate surface area is 67.3 Å². The van der Waals surface area contributed by atoms with Crippen LogP contribution in [0.5, 0.6) is 0 Å². The van der Waals surface area contributed by atoms with Gasteiger partial charge in [-0.1, -0.05) is 33.6 Å². The lowest BCUT2D eigenvalue weighted by Gasteiger charge is -1.94. The summed E-state index contributed by atoms with van der Waals surface area (Å²) in [6.45, 7) is 2.91. The van der Waals surface area contributed by atoms with Gasteiger partial charge < -0.3 is 11.4 Å². The molecule has 0 fully saturated rings. The summed E-state index contributed by atoms with van der Waals surface area (Å²) in [4.78, 5) is 0. The summed E-state index contributed by atoms with van der Waals surface area (Å²) in [6.07, 6.45) is 4.85. The quantitative estimate of drug-likeness (QED) is 0.421. The number of hydroxylamine groups is 1. The Hall–Kier alpha value is -0.120. The predicted octanol–water partition coefficient (Wildman–Crippen LogP) is 2.84. The molecule has 0 rings (SSSR count). The Morgan fingerprint density at radius 1 is 1.30 bits per heavy atom. The van der Waals surface area contributed by atoms with Crippen LogP contribution in [0, 0.1) is 0 Å². The molecule has 5 N–H and O–H groups in total. The highest BCUT2D eigenvalue weighted by atomic mass is 16.5. The van der Waals surface area contributed by atoms with Gasteiger partial charge in [0.05, 0.1) is 0 Å². The van der Waals surface area contributed by atoms with Crippen molar-refractivity contribution < 1.29 is 8.06 Å². The van der Waals surface area contributed by atoms with Gasteiger partial charge in [-0.15, -0.1) is 0 Å². The van der Waals surface area contributed by atoms with E-state index < -0.39 is 0 Å². The van der Waals surface area contributed by atoms with Gasteiger partial charge in [0.15, 0.2) is 0 Å². The van der Waals surface area contributed by atoms with E-state index in [1.165, 1.54) is 19.3 Å². The number of hydrogen-bond acceptors (Lipinski definition) is 3. The molecule has 3 heteroatoms. The smallest absolute Gasteiger partial charge is 0.0207 e. The van der Waals surface area contributed by atoms with E-state index in [1.807, 2.05) is 0 Å². The number of unbranched alkanes of at least 4 members (excludes halogenated alkanes) is 3. The Morgan fingerprint density at radius 2 is 1.90 bits per heavy atom. The first kappa shape index (κ1) is 16.5. The van der Waals surface area contributed by atoms with Crippen molar-refractivity contribution in [3.63, 3.8) is 0 Å². The first-order chi connectivity index (χ1) is 3.91. The first-order valence-corrected chi connectivity index (χ1v) is 3.28. The minimum absolute atomic E-state index is 0. The maximum absolute atomic E-state index is 8.12. The van der Waals surface area contributed by atoms with Crippen molar-refractivity contribution in [1.29, 1.82) is 0 Å². The molecule has 0 amide bonds. The molecular formula is C7H26N2O. The van der Waals surface area contributed by atoms with Crippen molar-refractivity contribution in [2.75, 3.05) is 6.54 Å². The predicted molar refractivity (Wildman–Crippen MR) is 49.9 cm³/mol. The molecule has 0 heterocycles. The monoisotopic (exact) mass is 154 g/mol. The molecule has 0 saturated carbocycles. The van der Waals surface area contributed by atoms with Crippen LogP contribution in [0.4, 0.5) is 0 Å². The molecule has 0 aromatic carbocycles. The Kier molecular flexibility index (Phi) is 26.2. The van der Waals surface area contributed by atoms with Gasteiger partial charge in [-0.3, -0.25) is 0 Å². The summed E-state index contributed by atoms with van der Waals surface area (Å²) in [7, 11) is 0. The third-order valence-electron chi connectivity index (χ3n) is 1.14. The standard InChI is InChI=1S/C6H15NO.CH4.H3N.2H2/c1-2-3-4-5-6-7-8;;;;/h7-8H,2-6H2,1H3;1H4;1H3;2*1H. The summed E-state index contributed by atoms with van der Waals surface area (Å²) in [5, 5.41) is 8.12. The fraction of sp³-hybridized carbons (Fsp3) is 1.00. The summed E-state index contributed by atoms with van der Waals surface area (Å²) in [5.74, 6) is 0. The Bertz CT molecular complexity index is 44.4. The largest absolute Gasteiger partial charge is 0.344 e. The number of rotatable bonds is 5. The number of hydrogen-bond donors (Lipinski definition) is 3. The van der Waals surface area contributed by atoms with E-state index >= 15 is 0 Å². The molecule has 0 unspecified atom stereocenters. The fourth-order valence-electron chi connectivity index (χ4n) is 0.631. The summed E-state index contributed by atoms with van der Waals surface area (Å²) in [6, 6.07) is 0. The molecule has 0 atom stereocenters. The molecule has 3 nitrogen and oxygen atoms in total. The molecule has 0 aliphatic carbocycles. The van der Waals surface area contributed by atoms with Gasteiger partial charge >= 0.3 is 0 Å². The molecule has 0 spiro atoms. The van der Waals surface area contributed by atoms with E-state index in [4.69, 9.17) is 5.21 Å². The summed E-state index contributed by atoms with van der Waals surface area (Å²) in [5.41, 5.74) is 2.13. The third kappa shape index (κ3) is 15.7. The van der Waals surface area contributed by atoms with Crippen molar-refractivity contribution in [2.24, 2.45) is 0 Å². The van der Waals surface area contributed by atoms with Crippen LogP contribution in [0.2, 0.25) is 0 Å². The van der Waals surface area contributed by atoms with E-state index in [1.54, 1.807) is 0 Å². The zero-order valence-corrected chi connectivity index (χ0v) is 6.19. The molecule has 0 radical (unpaired) electrons. The van der Waals surface area contributed by atoms with Gasteiger partial charge in [-0.05, 0) is 6.42 Å². The second-order valence-corrected chi connectivity index (χ2v) is 1.97. The van der Waals surface area contributed by atoms with Crippen molar-refractivity contribution in [1.82, 2.24) is 11.6 Å². The van der Waals surface area contributed by atoms with Crippen molar-refractivity contribution >= 4 is 0 Å². The lowest BCUT2D eigenvalue weighted by molar-refractivity contribution is 0.164. The maximum Gasteiger partial charge on any atom is 0.0207 e. The van der Waals surface area contributed by atoms with E-state index in [0.29, 0.717) is 0 Å². The van der Waals surface area contributed by atoms with Gasteiger partial charge in [0.1, 0.15) is 0 Å². The minimum atomic E-state index is 0. The molecule has 0 aromatic heterocycles. The Balaban J connectivity index is -0.0000000408. The Morgan fingerprint density at radius 3 is 2.30 bits per heavy atom. The van der Waals surface area contributed by atoms with Crippen LogP contribution in [-0.2, 0) is 0 Å². The second-order valence-electron chi connectivity index (χ2n) is 1.97.